The molecule has 1 aromatic carbocycles. The van der Waals surface area contributed by atoms with Gasteiger partial charge in [0.05, 0.1) is 17.0 Å². The fourth-order valence-corrected chi connectivity index (χ4v) is 3.32. The number of aliphatic hydroxyl groups is 1. The van der Waals surface area contributed by atoms with Crippen LogP contribution in [0.4, 0.5) is 4.39 Å². The molecule has 5 nitrogen and oxygen atoms in total. The molecule has 0 bridgehead atoms. The van der Waals surface area contributed by atoms with Crippen molar-refractivity contribution in [2.75, 3.05) is 20.3 Å². The van der Waals surface area contributed by atoms with E-state index in [1.807, 2.05) is 0 Å². The Morgan fingerprint density at radius 1 is 1.43 bits per heavy atom. The first-order valence-electron chi connectivity index (χ1n) is 6.14. The molecule has 0 atom stereocenters. The van der Waals surface area contributed by atoms with Gasteiger partial charge in [-0.1, -0.05) is 11.8 Å². The fraction of sp³-hybridized carbons (Fsp3) is 0.429. The van der Waals surface area contributed by atoms with Gasteiger partial charge < -0.3 is 9.84 Å². The first kappa shape index (κ1) is 17.6. The van der Waals surface area contributed by atoms with Crippen molar-refractivity contribution in [3.63, 3.8) is 0 Å². The number of sulfonamides is 1. The highest BCUT2D eigenvalue weighted by Gasteiger charge is 2.27. The molecule has 1 aromatic rings. The van der Waals surface area contributed by atoms with Gasteiger partial charge in [0, 0.05) is 12.7 Å². The Morgan fingerprint density at radius 2 is 2.10 bits per heavy atom. The molecule has 0 spiro atoms. The molecule has 0 unspecified atom stereocenters. The molecule has 7 heteroatoms. The van der Waals surface area contributed by atoms with E-state index in [4.69, 9.17) is 9.84 Å². The maximum Gasteiger partial charge on any atom is 0.242 e. The predicted molar refractivity (Wildman–Crippen MR) is 76.6 cm³/mol. The van der Waals surface area contributed by atoms with Crippen LogP contribution < -0.4 is 4.72 Å². The number of rotatable bonds is 5. The Kier molecular flexibility index (Phi) is 5.87. The molecular formula is C14H18FNO4S. The molecular weight excluding hydrogens is 297 g/mol. The molecule has 0 radical (unpaired) electrons. The van der Waals surface area contributed by atoms with Crippen molar-refractivity contribution in [3.05, 3.63) is 29.6 Å². The highest BCUT2D eigenvalue weighted by atomic mass is 32.2. The third-order valence-corrected chi connectivity index (χ3v) is 4.21. The van der Waals surface area contributed by atoms with Crippen molar-refractivity contribution < 1.29 is 22.7 Å². The molecule has 2 N–H and O–H groups in total. The van der Waals surface area contributed by atoms with Gasteiger partial charge >= 0.3 is 0 Å². The average molecular weight is 315 g/mol. The van der Waals surface area contributed by atoms with Gasteiger partial charge in [-0.3, -0.25) is 0 Å². The Balaban J connectivity index is 3.25. The SMILES string of the molecule is COCC(C)(C)NS(=O)(=O)c1ccc(F)cc1C#CCO. The minimum absolute atomic E-state index is 0.00948. The summed E-state index contributed by atoms with van der Waals surface area (Å²) in [6, 6.07) is 3.20. The van der Waals surface area contributed by atoms with Crippen LogP contribution in [0.3, 0.4) is 0 Å². The first-order valence-corrected chi connectivity index (χ1v) is 7.62. The number of nitrogens with one attached hydrogen (secondary N) is 1. The van der Waals surface area contributed by atoms with E-state index in [-0.39, 0.29) is 17.1 Å². The van der Waals surface area contributed by atoms with Crippen LogP contribution in [-0.2, 0) is 14.8 Å². The highest BCUT2D eigenvalue weighted by Crippen LogP contribution is 2.18. The van der Waals surface area contributed by atoms with E-state index in [0.29, 0.717) is 0 Å². The molecule has 0 aromatic heterocycles. The zero-order valence-electron chi connectivity index (χ0n) is 12.1. The number of benzene rings is 1. The van der Waals surface area contributed by atoms with Crippen LogP contribution in [0.5, 0.6) is 0 Å². The quantitative estimate of drug-likeness (QED) is 0.791. The van der Waals surface area contributed by atoms with Gasteiger partial charge in [-0.2, -0.15) is 0 Å². The highest BCUT2D eigenvalue weighted by molar-refractivity contribution is 7.89. The van der Waals surface area contributed by atoms with E-state index < -0.39 is 28.0 Å². The lowest BCUT2D eigenvalue weighted by Gasteiger charge is -2.25. The predicted octanol–water partition coefficient (Wildman–Crippen LogP) is 0.873. The lowest BCUT2D eigenvalue weighted by molar-refractivity contribution is 0.141. The van der Waals surface area contributed by atoms with Crippen molar-refractivity contribution >= 4 is 10.0 Å². The van der Waals surface area contributed by atoms with Crippen LogP contribution in [0, 0.1) is 17.7 Å². The molecule has 116 valence electrons. The molecule has 0 aliphatic rings. The minimum Gasteiger partial charge on any atom is -0.384 e. The van der Waals surface area contributed by atoms with E-state index in [9.17, 15) is 12.8 Å². The van der Waals surface area contributed by atoms with Gasteiger partial charge in [0.2, 0.25) is 10.0 Å². The summed E-state index contributed by atoms with van der Waals surface area (Å²) in [5, 5.41) is 8.70. The average Bonchev–Trinajstić information content (AvgIpc) is 2.34. The van der Waals surface area contributed by atoms with Gasteiger partial charge in [0.1, 0.15) is 12.4 Å². The third kappa shape index (κ3) is 5.10. The maximum atomic E-state index is 13.3. The molecule has 0 saturated heterocycles. The summed E-state index contributed by atoms with van der Waals surface area (Å²) in [5.74, 6) is 4.15. The molecule has 0 amide bonds. The summed E-state index contributed by atoms with van der Waals surface area (Å²) >= 11 is 0. The number of methoxy groups -OCH3 is 1. The van der Waals surface area contributed by atoms with Gasteiger partial charge in [-0.25, -0.2) is 17.5 Å². The van der Waals surface area contributed by atoms with Crippen LogP contribution in [0.25, 0.3) is 0 Å². The topological polar surface area (TPSA) is 75.6 Å². The Bertz CT molecular complexity index is 659. The van der Waals surface area contributed by atoms with Crippen LogP contribution in [0.2, 0.25) is 0 Å². The second-order valence-electron chi connectivity index (χ2n) is 5.02. The summed E-state index contributed by atoms with van der Waals surface area (Å²) in [4.78, 5) is -0.144. The zero-order chi connectivity index (χ0) is 16.1. The molecule has 0 fully saturated rings. The standard InChI is InChI=1S/C14H18FNO4S/c1-14(2,10-20-3)16-21(18,19)13-7-6-12(15)9-11(13)5-4-8-17/h6-7,9,16-17H,8,10H2,1-3H3. The van der Waals surface area contributed by atoms with E-state index in [1.165, 1.54) is 7.11 Å². The maximum absolute atomic E-state index is 13.3. The second kappa shape index (κ2) is 7.00. The molecule has 1 rings (SSSR count). The Labute approximate surface area is 124 Å². The van der Waals surface area contributed by atoms with Crippen molar-refractivity contribution in [1.29, 1.82) is 0 Å². The van der Waals surface area contributed by atoms with Gasteiger partial charge in [0.15, 0.2) is 0 Å². The minimum atomic E-state index is -3.90. The number of ether oxygens (including phenoxy) is 1. The van der Waals surface area contributed by atoms with Crippen LogP contribution in [0.1, 0.15) is 19.4 Å². The molecule has 0 aliphatic heterocycles. The summed E-state index contributed by atoms with van der Waals surface area (Å²) < 4.78 is 45.5. The van der Waals surface area contributed by atoms with Crippen LogP contribution >= 0.6 is 0 Å². The monoisotopic (exact) mass is 315 g/mol. The Morgan fingerprint density at radius 3 is 2.67 bits per heavy atom. The summed E-state index contributed by atoms with van der Waals surface area (Å²) in [5.41, 5.74) is -0.839. The van der Waals surface area contributed by atoms with Crippen molar-refractivity contribution in [2.24, 2.45) is 0 Å². The van der Waals surface area contributed by atoms with E-state index in [2.05, 4.69) is 16.6 Å². The molecule has 0 heterocycles. The number of aliphatic hydroxyl groups excluding tert-OH is 1. The van der Waals surface area contributed by atoms with E-state index in [0.717, 1.165) is 18.2 Å². The van der Waals surface area contributed by atoms with Gasteiger partial charge in [-0.05, 0) is 32.0 Å². The largest absolute Gasteiger partial charge is 0.384 e. The molecule has 0 saturated carbocycles. The third-order valence-electron chi connectivity index (χ3n) is 2.45. The summed E-state index contributed by atoms with van der Waals surface area (Å²) in [7, 11) is -2.43. The van der Waals surface area contributed by atoms with Crippen molar-refractivity contribution in [2.45, 2.75) is 24.3 Å². The lowest BCUT2D eigenvalue weighted by atomic mass is 10.1. The number of hydrogen-bond acceptors (Lipinski definition) is 4. The van der Waals surface area contributed by atoms with Crippen molar-refractivity contribution in [1.82, 2.24) is 4.72 Å². The first-order chi connectivity index (χ1) is 9.72. The smallest absolute Gasteiger partial charge is 0.242 e. The summed E-state index contributed by atoms with van der Waals surface area (Å²) in [6.45, 7) is 3.05. The zero-order valence-corrected chi connectivity index (χ0v) is 12.9. The second-order valence-corrected chi connectivity index (χ2v) is 6.67. The molecule has 0 aliphatic carbocycles. The lowest BCUT2D eigenvalue weighted by Crippen LogP contribution is -2.46. The Hall–Kier alpha value is -1.46. The summed E-state index contributed by atoms with van der Waals surface area (Å²) in [6.07, 6.45) is 0. The number of hydrogen-bond donors (Lipinski definition) is 2. The number of halogens is 1. The van der Waals surface area contributed by atoms with E-state index >= 15 is 0 Å². The molecule has 21 heavy (non-hydrogen) atoms. The van der Waals surface area contributed by atoms with Crippen LogP contribution in [-0.4, -0.2) is 39.4 Å². The van der Waals surface area contributed by atoms with E-state index in [1.54, 1.807) is 13.8 Å². The van der Waals surface area contributed by atoms with Crippen LogP contribution in [0.15, 0.2) is 23.1 Å². The van der Waals surface area contributed by atoms with Gasteiger partial charge in [0.25, 0.3) is 0 Å². The van der Waals surface area contributed by atoms with Gasteiger partial charge in [-0.15, -0.1) is 0 Å². The fourth-order valence-electron chi connectivity index (χ4n) is 1.78. The van der Waals surface area contributed by atoms with Crippen molar-refractivity contribution in [3.8, 4) is 11.8 Å². The normalized spacial score (nSPS) is 11.9.